The van der Waals surface area contributed by atoms with Crippen LogP contribution in [0, 0.1) is 0 Å². The van der Waals surface area contributed by atoms with Crippen molar-refractivity contribution in [1.82, 2.24) is 9.78 Å². The summed E-state index contributed by atoms with van der Waals surface area (Å²) in [7, 11) is 0. The number of benzene rings is 1. The monoisotopic (exact) mass is 299 g/mol. The summed E-state index contributed by atoms with van der Waals surface area (Å²) in [5, 5.41) is 8.07. The van der Waals surface area contributed by atoms with Crippen molar-refractivity contribution in [3.63, 3.8) is 0 Å². The predicted octanol–water partition coefficient (Wildman–Crippen LogP) is 3.41. The molecule has 5 heteroatoms. The molecule has 0 radical (unpaired) electrons. The number of rotatable bonds is 4. The molecule has 1 N–H and O–H groups in total. The Balaban J connectivity index is 1.82. The lowest BCUT2D eigenvalue weighted by molar-refractivity contribution is 0.638. The van der Waals surface area contributed by atoms with Gasteiger partial charge in [-0.25, -0.2) is 0 Å². The Kier molecular flexibility index (Phi) is 3.85. The van der Waals surface area contributed by atoms with Gasteiger partial charge in [-0.2, -0.15) is 5.10 Å². The molecule has 1 aromatic heterocycles. The number of anilines is 1. The first-order valence-corrected chi connectivity index (χ1v) is 6.08. The van der Waals surface area contributed by atoms with Crippen LogP contribution in [0.4, 0.5) is 5.69 Å². The Labute approximate surface area is 108 Å². The maximum absolute atomic E-state index is 5.76. The fraction of sp³-hybridized carbons (Fsp3) is 0.182. The topological polar surface area (TPSA) is 29.9 Å². The molecule has 0 fully saturated rings. The summed E-state index contributed by atoms with van der Waals surface area (Å²) < 4.78 is 2.89. The van der Waals surface area contributed by atoms with Crippen LogP contribution in [0.5, 0.6) is 0 Å². The van der Waals surface area contributed by atoms with Gasteiger partial charge in [0, 0.05) is 22.9 Å². The second-order valence-electron chi connectivity index (χ2n) is 3.36. The van der Waals surface area contributed by atoms with Crippen molar-refractivity contribution >= 4 is 33.2 Å². The third-order valence-corrected chi connectivity index (χ3v) is 2.84. The molecule has 0 spiro atoms. The average Bonchev–Trinajstić information content (AvgIpc) is 2.67. The molecular formula is C11H11BrClN3. The van der Waals surface area contributed by atoms with Crippen molar-refractivity contribution in [3.05, 3.63) is 46.2 Å². The maximum atomic E-state index is 5.76. The Morgan fingerprint density at radius 2 is 2.06 bits per heavy atom. The van der Waals surface area contributed by atoms with Crippen LogP contribution in [0.2, 0.25) is 5.02 Å². The van der Waals surface area contributed by atoms with Crippen LogP contribution in [-0.2, 0) is 6.54 Å². The summed E-state index contributed by atoms with van der Waals surface area (Å²) >= 11 is 9.16. The molecule has 2 aromatic rings. The van der Waals surface area contributed by atoms with Gasteiger partial charge in [0.05, 0.1) is 17.8 Å². The summed E-state index contributed by atoms with van der Waals surface area (Å²) in [6.07, 6.45) is 3.45. The van der Waals surface area contributed by atoms with Gasteiger partial charge < -0.3 is 5.32 Å². The zero-order chi connectivity index (χ0) is 11.4. The highest BCUT2D eigenvalue weighted by Gasteiger charge is 1.95. The smallest absolute Gasteiger partial charge is 0.0785 e. The quantitative estimate of drug-likeness (QED) is 0.938. The Morgan fingerprint density at radius 3 is 2.69 bits per heavy atom. The summed E-state index contributed by atoms with van der Waals surface area (Å²) in [6, 6.07) is 8.07. The van der Waals surface area contributed by atoms with Gasteiger partial charge in [0.15, 0.2) is 0 Å². The SMILES string of the molecule is Clc1cnn(CCNc2ccc(Br)cc2)c1. The first-order valence-electron chi connectivity index (χ1n) is 4.91. The molecule has 0 aliphatic rings. The second kappa shape index (κ2) is 5.37. The van der Waals surface area contributed by atoms with Crippen molar-refractivity contribution < 1.29 is 0 Å². The van der Waals surface area contributed by atoms with Gasteiger partial charge in [-0.05, 0) is 24.3 Å². The molecule has 84 valence electrons. The van der Waals surface area contributed by atoms with E-state index in [2.05, 4.69) is 26.3 Å². The van der Waals surface area contributed by atoms with E-state index in [1.807, 2.05) is 35.1 Å². The molecule has 1 aromatic carbocycles. The number of hydrogen-bond donors (Lipinski definition) is 1. The van der Waals surface area contributed by atoms with Crippen LogP contribution in [0.25, 0.3) is 0 Å². The summed E-state index contributed by atoms with van der Waals surface area (Å²) in [4.78, 5) is 0. The Bertz CT molecular complexity index is 453. The molecule has 0 atom stereocenters. The fourth-order valence-corrected chi connectivity index (χ4v) is 1.76. The normalized spacial score (nSPS) is 10.4. The zero-order valence-corrected chi connectivity index (χ0v) is 10.9. The molecular weight excluding hydrogens is 289 g/mol. The van der Waals surface area contributed by atoms with E-state index >= 15 is 0 Å². The summed E-state index contributed by atoms with van der Waals surface area (Å²) in [5.74, 6) is 0. The molecule has 0 saturated carbocycles. The molecule has 0 aliphatic heterocycles. The molecule has 0 bridgehead atoms. The molecule has 0 unspecified atom stereocenters. The number of nitrogens with one attached hydrogen (secondary N) is 1. The van der Waals surface area contributed by atoms with Gasteiger partial charge in [-0.1, -0.05) is 27.5 Å². The number of nitrogens with zero attached hydrogens (tertiary/aromatic N) is 2. The standard InChI is InChI=1S/C11H11BrClN3/c12-9-1-3-11(4-2-9)14-5-6-16-8-10(13)7-15-16/h1-4,7-8,14H,5-6H2. The molecule has 0 aliphatic carbocycles. The van der Waals surface area contributed by atoms with Gasteiger partial charge in [-0.3, -0.25) is 4.68 Å². The van der Waals surface area contributed by atoms with E-state index < -0.39 is 0 Å². The minimum atomic E-state index is 0.670. The van der Waals surface area contributed by atoms with Crippen LogP contribution < -0.4 is 5.32 Å². The molecule has 16 heavy (non-hydrogen) atoms. The lowest BCUT2D eigenvalue weighted by Crippen LogP contribution is -2.10. The van der Waals surface area contributed by atoms with E-state index in [1.165, 1.54) is 0 Å². The van der Waals surface area contributed by atoms with Crippen LogP contribution in [0.3, 0.4) is 0 Å². The van der Waals surface area contributed by atoms with Gasteiger partial charge in [0.1, 0.15) is 0 Å². The van der Waals surface area contributed by atoms with Crippen molar-refractivity contribution in [1.29, 1.82) is 0 Å². The third-order valence-electron chi connectivity index (χ3n) is 2.12. The lowest BCUT2D eigenvalue weighted by atomic mass is 10.3. The minimum absolute atomic E-state index is 0.670. The minimum Gasteiger partial charge on any atom is -0.383 e. The molecule has 3 nitrogen and oxygen atoms in total. The van der Waals surface area contributed by atoms with Crippen molar-refractivity contribution in [2.75, 3.05) is 11.9 Å². The van der Waals surface area contributed by atoms with E-state index in [1.54, 1.807) is 6.20 Å². The van der Waals surface area contributed by atoms with E-state index in [0.717, 1.165) is 23.2 Å². The molecule has 0 saturated heterocycles. The maximum Gasteiger partial charge on any atom is 0.0785 e. The number of halogens is 2. The van der Waals surface area contributed by atoms with E-state index in [9.17, 15) is 0 Å². The highest BCUT2D eigenvalue weighted by atomic mass is 79.9. The highest BCUT2D eigenvalue weighted by molar-refractivity contribution is 9.10. The van der Waals surface area contributed by atoms with E-state index in [-0.39, 0.29) is 0 Å². The molecule has 0 amide bonds. The number of hydrogen-bond acceptors (Lipinski definition) is 2. The number of aromatic nitrogens is 2. The van der Waals surface area contributed by atoms with Gasteiger partial charge in [-0.15, -0.1) is 0 Å². The lowest BCUT2D eigenvalue weighted by Gasteiger charge is -2.06. The van der Waals surface area contributed by atoms with Gasteiger partial charge in [0.2, 0.25) is 0 Å². The Morgan fingerprint density at radius 1 is 1.31 bits per heavy atom. The van der Waals surface area contributed by atoms with Crippen LogP contribution >= 0.6 is 27.5 Å². The Hall–Kier alpha value is -1.00. The van der Waals surface area contributed by atoms with Crippen LogP contribution in [-0.4, -0.2) is 16.3 Å². The van der Waals surface area contributed by atoms with E-state index in [4.69, 9.17) is 11.6 Å². The van der Waals surface area contributed by atoms with Gasteiger partial charge in [0.25, 0.3) is 0 Å². The fourth-order valence-electron chi connectivity index (χ4n) is 1.34. The molecule has 2 rings (SSSR count). The summed E-state index contributed by atoms with van der Waals surface area (Å²) in [5.41, 5.74) is 1.10. The first kappa shape index (κ1) is 11.5. The largest absolute Gasteiger partial charge is 0.383 e. The highest BCUT2D eigenvalue weighted by Crippen LogP contribution is 2.13. The predicted molar refractivity (Wildman–Crippen MR) is 69.9 cm³/mol. The third kappa shape index (κ3) is 3.25. The van der Waals surface area contributed by atoms with Crippen LogP contribution in [0.15, 0.2) is 41.1 Å². The van der Waals surface area contributed by atoms with E-state index in [0.29, 0.717) is 5.02 Å². The van der Waals surface area contributed by atoms with Crippen molar-refractivity contribution in [3.8, 4) is 0 Å². The zero-order valence-electron chi connectivity index (χ0n) is 8.53. The summed E-state index contributed by atoms with van der Waals surface area (Å²) in [6.45, 7) is 1.61. The molecule has 1 heterocycles. The van der Waals surface area contributed by atoms with Crippen molar-refractivity contribution in [2.24, 2.45) is 0 Å². The average molecular weight is 301 g/mol. The first-order chi connectivity index (χ1) is 7.74. The van der Waals surface area contributed by atoms with Crippen LogP contribution in [0.1, 0.15) is 0 Å². The van der Waals surface area contributed by atoms with Gasteiger partial charge >= 0.3 is 0 Å². The second-order valence-corrected chi connectivity index (χ2v) is 4.71. The van der Waals surface area contributed by atoms with Crippen molar-refractivity contribution in [2.45, 2.75) is 6.54 Å².